The van der Waals surface area contributed by atoms with Crippen molar-refractivity contribution in [1.29, 1.82) is 0 Å². The SMILES string of the molecule is O=C(/C=C/c1ccco1)OC[C@H]1CCC[NH+]2CCCC[C@@H]12. The van der Waals surface area contributed by atoms with Crippen LogP contribution in [0.3, 0.4) is 0 Å². The number of furan rings is 1. The van der Waals surface area contributed by atoms with E-state index in [9.17, 15) is 4.79 Å². The summed E-state index contributed by atoms with van der Waals surface area (Å²) in [4.78, 5) is 13.5. The van der Waals surface area contributed by atoms with E-state index < -0.39 is 0 Å². The van der Waals surface area contributed by atoms with Crippen molar-refractivity contribution < 1.29 is 18.8 Å². The lowest BCUT2D eigenvalue weighted by Gasteiger charge is -2.40. The zero-order chi connectivity index (χ0) is 14.5. The minimum Gasteiger partial charge on any atom is -0.465 e. The van der Waals surface area contributed by atoms with E-state index in [0.717, 1.165) is 0 Å². The predicted molar refractivity (Wildman–Crippen MR) is 79.8 cm³/mol. The average molecular weight is 290 g/mol. The number of esters is 1. The molecular formula is C17H24NO3+. The fraction of sp³-hybridized carbons (Fsp3) is 0.588. The second-order valence-corrected chi connectivity index (χ2v) is 6.14. The summed E-state index contributed by atoms with van der Waals surface area (Å²) in [7, 11) is 0. The summed E-state index contributed by atoms with van der Waals surface area (Å²) in [5.74, 6) is 0.942. The Morgan fingerprint density at radius 2 is 2.24 bits per heavy atom. The Labute approximate surface area is 125 Å². The highest BCUT2D eigenvalue weighted by Crippen LogP contribution is 2.20. The van der Waals surface area contributed by atoms with Gasteiger partial charge >= 0.3 is 5.97 Å². The third-order valence-corrected chi connectivity index (χ3v) is 4.80. The van der Waals surface area contributed by atoms with Gasteiger partial charge in [-0.25, -0.2) is 4.79 Å². The summed E-state index contributed by atoms with van der Waals surface area (Å²) in [6, 6.07) is 4.32. The van der Waals surface area contributed by atoms with Crippen molar-refractivity contribution in [1.82, 2.24) is 0 Å². The number of nitrogens with one attached hydrogen (secondary N) is 1. The number of carbonyl (C=O) groups excluding carboxylic acids is 1. The molecule has 2 aliphatic rings. The number of carbonyl (C=O) groups is 1. The van der Waals surface area contributed by atoms with E-state index in [2.05, 4.69) is 0 Å². The molecule has 0 aromatic carbocycles. The highest BCUT2D eigenvalue weighted by molar-refractivity contribution is 5.86. The molecule has 3 atom stereocenters. The minimum absolute atomic E-state index is 0.269. The molecular weight excluding hydrogens is 266 g/mol. The molecule has 0 aliphatic carbocycles. The van der Waals surface area contributed by atoms with Crippen molar-refractivity contribution in [3.05, 3.63) is 30.2 Å². The van der Waals surface area contributed by atoms with Gasteiger partial charge in [-0.3, -0.25) is 0 Å². The van der Waals surface area contributed by atoms with E-state index in [0.29, 0.717) is 24.3 Å². The van der Waals surface area contributed by atoms with Gasteiger partial charge in [0, 0.05) is 12.0 Å². The first kappa shape index (κ1) is 14.4. The molecule has 0 spiro atoms. The zero-order valence-corrected chi connectivity index (χ0v) is 12.4. The number of piperidine rings is 2. The van der Waals surface area contributed by atoms with Crippen LogP contribution in [0.15, 0.2) is 28.9 Å². The van der Waals surface area contributed by atoms with Crippen LogP contribution in [0, 0.1) is 5.92 Å². The maximum absolute atomic E-state index is 11.8. The van der Waals surface area contributed by atoms with Crippen LogP contribution >= 0.6 is 0 Å². The monoisotopic (exact) mass is 290 g/mol. The Morgan fingerprint density at radius 3 is 3.10 bits per heavy atom. The number of ether oxygens (including phenoxy) is 1. The first-order valence-corrected chi connectivity index (χ1v) is 8.06. The summed E-state index contributed by atoms with van der Waals surface area (Å²) < 4.78 is 10.6. The van der Waals surface area contributed by atoms with E-state index in [4.69, 9.17) is 9.15 Å². The molecule has 4 nitrogen and oxygen atoms in total. The van der Waals surface area contributed by atoms with E-state index in [1.165, 1.54) is 51.3 Å². The molecule has 0 amide bonds. The van der Waals surface area contributed by atoms with E-state index in [-0.39, 0.29) is 5.97 Å². The van der Waals surface area contributed by atoms with Crippen LogP contribution < -0.4 is 4.90 Å². The molecule has 1 unspecified atom stereocenters. The number of quaternary nitrogens is 1. The Balaban J connectivity index is 1.48. The third-order valence-electron chi connectivity index (χ3n) is 4.80. The van der Waals surface area contributed by atoms with Gasteiger partial charge in [0.15, 0.2) is 0 Å². The summed E-state index contributed by atoms with van der Waals surface area (Å²) in [5.41, 5.74) is 0. The molecule has 0 saturated carbocycles. The van der Waals surface area contributed by atoms with Crippen LogP contribution in [-0.4, -0.2) is 31.7 Å². The second-order valence-electron chi connectivity index (χ2n) is 6.14. The molecule has 2 saturated heterocycles. The molecule has 0 radical (unpaired) electrons. The Kier molecular flexibility index (Phi) is 4.76. The summed E-state index contributed by atoms with van der Waals surface area (Å²) in [5, 5.41) is 0. The van der Waals surface area contributed by atoms with E-state index >= 15 is 0 Å². The molecule has 3 heterocycles. The van der Waals surface area contributed by atoms with Crippen LogP contribution in [0.2, 0.25) is 0 Å². The van der Waals surface area contributed by atoms with Gasteiger partial charge in [0.25, 0.3) is 0 Å². The molecule has 4 heteroatoms. The Hall–Kier alpha value is -1.55. The minimum atomic E-state index is -0.269. The molecule has 1 aromatic rings. The van der Waals surface area contributed by atoms with Crippen molar-refractivity contribution in [3.8, 4) is 0 Å². The average Bonchev–Trinajstić information content (AvgIpc) is 3.04. The first-order chi connectivity index (χ1) is 10.3. The summed E-state index contributed by atoms with van der Waals surface area (Å²) in [6.45, 7) is 3.16. The highest BCUT2D eigenvalue weighted by Gasteiger charge is 2.36. The van der Waals surface area contributed by atoms with Gasteiger partial charge in [0.1, 0.15) is 12.4 Å². The van der Waals surface area contributed by atoms with Crippen LogP contribution in [0.25, 0.3) is 6.08 Å². The lowest BCUT2D eigenvalue weighted by molar-refractivity contribution is -0.940. The van der Waals surface area contributed by atoms with Crippen LogP contribution in [0.4, 0.5) is 0 Å². The van der Waals surface area contributed by atoms with E-state index in [1.807, 2.05) is 6.07 Å². The number of hydrogen-bond donors (Lipinski definition) is 1. The van der Waals surface area contributed by atoms with Gasteiger partial charge in [0.05, 0.1) is 25.4 Å². The largest absolute Gasteiger partial charge is 0.465 e. The van der Waals surface area contributed by atoms with Gasteiger partial charge in [-0.05, 0) is 50.3 Å². The number of fused-ring (bicyclic) bond motifs is 1. The molecule has 1 N–H and O–H groups in total. The second kappa shape index (κ2) is 6.94. The Morgan fingerprint density at radius 1 is 1.33 bits per heavy atom. The molecule has 2 aliphatic heterocycles. The fourth-order valence-electron chi connectivity index (χ4n) is 3.75. The van der Waals surface area contributed by atoms with Gasteiger partial charge in [-0.2, -0.15) is 0 Å². The van der Waals surface area contributed by atoms with Crippen LogP contribution in [-0.2, 0) is 9.53 Å². The maximum atomic E-state index is 11.8. The zero-order valence-electron chi connectivity index (χ0n) is 12.4. The van der Waals surface area contributed by atoms with Crippen LogP contribution in [0.5, 0.6) is 0 Å². The van der Waals surface area contributed by atoms with Crippen LogP contribution in [0.1, 0.15) is 37.9 Å². The van der Waals surface area contributed by atoms with Crippen molar-refractivity contribution in [2.75, 3.05) is 19.7 Å². The predicted octanol–water partition coefficient (Wildman–Crippen LogP) is 1.68. The van der Waals surface area contributed by atoms with Crippen molar-refractivity contribution >= 4 is 12.0 Å². The highest BCUT2D eigenvalue weighted by atomic mass is 16.5. The third kappa shape index (κ3) is 3.76. The molecule has 2 fully saturated rings. The fourth-order valence-corrected chi connectivity index (χ4v) is 3.75. The van der Waals surface area contributed by atoms with Gasteiger partial charge < -0.3 is 14.1 Å². The lowest BCUT2D eigenvalue weighted by Crippen LogP contribution is -3.18. The standard InChI is InChI=1S/C17H23NO3/c19-17(9-8-15-6-4-12-20-15)21-13-14-5-3-11-18-10-2-1-7-16(14)18/h4,6,8-9,12,14,16H,1-3,5,7,10-11,13H2/p+1/b9-8+/t14-,16+/m1/s1. The van der Waals surface area contributed by atoms with E-state index in [1.54, 1.807) is 23.3 Å². The molecule has 21 heavy (non-hydrogen) atoms. The van der Waals surface area contributed by atoms with Crippen molar-refractivity contribution in [2.24, 2.45) is 5.92 Å². The normalized spacial score (nSPS) is 29.2. The molecule has 114 valence electrons. The summed E-state index contributed by atoms with van der Waals surface area (Å²) >= 11 is 0. The van der Waals surface area contributed by atoms with Gasteiger partial charge in [-0.15, -0.1) is 0 Å². The van der Waals surface area contributed by atoms with Crippen molar-refractivity contribution in [3.63, 3.8) is 0 Å². The van der Waals surface area contributed by atoms with Gasteiger partial charge in [0.2, 0.25) is 0 Å². The smallest absolute Gasteiger partial charge is 0.330 e. The molecule has 3 rings (SSSR count). The first-order valence-electron chi connectivity index (χ1n) is 8.06. The van der Waals surface area contributed by atoms with Crippen molar-refractivity contribution in [2.45, 2.75) is 38.1 Å². The summed E-state index contributed by atoms with van der Waals surface area (Å²) in [6.07, 6.45) is 11.1. The quantitative estimate of drug-likeness (QED) is 0.678. The Bertz CT molecular complexity index is 478. The topological polar surface area (TPSA) is 43.9 Å². The maximum Gasteiger partial charge on any atom is 0.330 e. The van der Waals surface area contributed by atoms with Gasteiger partial charge in [-0.1, -0.05) is 0 Å². The molecule has 1 aromatic heterocycles. The molecule has 0 bridgehead atoms. The number of hydrogen-bond acceptors (Lipinski definition) is 3. The number of rotatable bonds is 4. The lowest BCUT2D eigenvalue weighted by atomic mass is 9.84.